The molecule has 0 aromatic carbocycles. The zero-order valence-corrected chi connectivity index (χ0v) is 9.41. The largest absolute Gasteiger partial charge is 0.387 e. The van der Waals surface area contributed by atoms with Crippen molar-refractivity contribution in [1.82, 2.24) is 0 Å². The van der Waals surface area contributed by atoms with Crippen LogP contribution < -0.4 is 0 Å². The van der Waals surface area contributed by atoms with E-state index in [-0.39, 0.29) is 0 Å². The molecule has 2 aliphatic heterocycles. The van der Waals surface area contributed by atoms with E-state index in [2.05, 4.69) is 0 Å². The Balaban J connectivity index is 1.63. The molecule has 0 aliphatic carbocycles. The fourth-order valence-corrected chi connectivity index (χ4v) is 2.57. The van der Waals surface area contributed by atoms with Gasteiger partial charge in [0.1, 0.15) is 0 Å². The highest BCUT2D eigenvalue weighted by atomic mass is 16.5. The molecule has 2 fully saturated rings. The maximum Gasteiger partial charge on any atom is 0.0881 e. The van der Waals surface area contributed by atoms with Crippen LogP contribution in [0.2, 0.25) is 0 Å². The zero-order chi connectivity index (χ0) is 10.6. The maximum absolute atomic E-state index is 10.2. The second-order valence-corrected chi connectivity index (χ2v) is 4.91. The lowest BCUT2D eigenvalue weighted by atomic mass is 9.90. The quantitative estimate of drug-likeness (QED) is 0.776. The van der Waals surface area contributed by atoms with Crippen molar-refractivity contribution in [3.05, 3.63) is 0 Å². The SMILES string of the molecule is OC1(CCCC2CCCO2)CCCOC1. The monoisotopic (exact) mass is 214 g/mol. The summed E-state index contributed by atoms with van der Waals surface area (Å²) in [4.78, 5) is 0. The molecular formula is C12H22O3. The molecule has 88 valence electrons. The molecule has 0 saturated carbocycles. The second kappa shape index (κ2) is 5.28. The van der Waals surface area contributed by atoms with Crippen molar-refractivity contribution in [3.63, 3.8) is 0 Å². The van der Waals surface area contributed by atoms with Crippen LogP contribution in [0.25, 0.3) is 0 Å². The lowest BCUT2D eigenvalue weighted by molar-refractivity contribution is -0.0916. The summed E-state index contributed by atoms with van der Waals surface area (Å²) in [5.74, 6) is 0. The topological polar surface area (TPSA) is 38.7 Å². The molecule has 2 atom stereocenters. The van der Waals surface area contributed by atoms with Crippen LogP contribution in [0.5, 0.6) is 0 Å². The molecule has 2 unspecified atom stereocenters. The molecule has 0 aromatic rings. The van der Waals surface area contributed by atoms with Crippen molar-refractivity contribution in [2.75, 3.05) is 19.8 Å². The zero-order valence-electron chi connectivity index (χ0n) is 9.41. The summed E-state index contributed by atoms with van der Waals surface area (Å²) in [7, 11) is 0. The van der Waals surface area contributed by atoms with Crippen molar-refractivity contribution in [2.24, 2.45) is 0 Å². The average molecular weight is 214 g/mol. The van der Waals surface area contributed by atoms with Crippen LogP contribution in [0.4, 0.5) is 0 Å². The first-order valence-electron chi connectivity index (χ1n) is 6.20. The molecule has 2 saturated heterocycles. The molecule has 15 heavy (non-hydrogen) atoms. The first-order chi connectivity index (χ1) is 7.29. The fourth-order valence-electron chi connectivity index (χ4n) is 2.57. The third kappa shape index (κ3) is 3.44. The van der Waals surface area contributed by atoms with E-state index in [0.717, 1.165) is 45.3 Å². The van der Waals surface area contributed by atoms with E-state index in [1.54, 1.807) is 0 Å². The summed E-state index contributed by atoms with van der Waals surface area (Å²) in [6.45, 7) is 2.27. The molecule has 0 spiro atoms. The Labute approximate surface area is 91.8 Å². The molecule has 0 radical (unpaired) electrons. The summed E-state index contributed by atoms with van der Waals surface area (Å²) in [6.07, 6.45) is 7.79. The van der Waals surface area contributed by atoms with Gasteiger partial charge in [-0.1, -0.05) is 0 Å². The highest BCUT2D eigenvalue weighted by molar-refractivity contribution is 4.81. The Morgan fingerprint density at radius 3 is 2.87 bits per heavy atom. The van der Waals surface area contributed by atoms with Crippen molar-refractivity contribution in [1.29, 1.82) is 0 Å². The Hall–Kier alpha value is -0.120. The van der Waals surface area contributed by atoms with Crippen LogP contribution in [0.3, 0.4) is 0 Å². The third-order valence-electron chi connectivity index (χ3n) is 3.49. The summed E-state index contributed by atoms with van der Waals surface area (Å²) >= 11 is 0. The van der Waals surface area contributed by atoms with Crippen LogP contribution >= 0.6 is 0 Å². The van der Waals surface area contributed by atoms with E-state index >= 15 is 0 Å². The van der Waals surface area contributed by atoms with E-state index in [1.807, 2.05) is 0 Å². The van der Waals surface area contributed by atoms with Crippen molar-refractivity contribution >= 4 is 0 Å². The van der Waals surface area contributed by atoms with E-state index in [9.17, 15) is 5.11 Å². The van der Waals surface area contributed by atoms with Crippen molar-refractivity contribution < 1.29 is 14.6 Å². The average Bonchev–Trinajstić information content (AvgIpc) is 2.71. The molecule has 0 amide bonds. The van der Waals surface area contributed by atoms with Gasteiger partial charge in [-0.15, -0.1) is 0 Å². The molecule has 2 aliphatic rings. The van der Waals surface area contributed by atoms with Crippen LogP contribution in [-0.2, 0) is 9.47 Å². The number of hydrogen-bond donors (Lipinski definition) is 1. The van der Waals surface area contributed by atoms with E-state index < -0.39 is 5.60 Å². The second-order valence-electron chi connectivity index (χ2n) is 4.91. The minimum Gasteiger partial charge on any atom is -0.387 e. The first-order valence-corrected chi connectivity index (χ1v) is 6.20. The lowest BCUT2D eigenvalue weighted by Crippen LogP contribution is -2.38. The van der Waals surface area contributed by atoms with Gasteiger partial charge >= 0.3 is 0 Å². The van der Waals surface area contributed by atoms with Gasteiger partial charge in [0.05, 0.1) is 18.3 Å². The summed E-state index contributed by atoms with van der Waals surface area (Å²) < 4.78 is 10.9. The van der Waals surface area contributed by atoms with Gasteiger partial charge in [0.25, 0.3) is 0 Å². The van der Waals surface area contributed by atoms with Gasteiger partial charge in [-0.3, -0.25) is 0 Å². The number of hydrogen-bond acceptors (Lipinski definition) is 3. The molecule has 1 N–H and O–H groups in total. The van der Waals surface area contributed by atoms with Gasteiger partial charge in [-0.25, -0.2) is 0 Å². The van der Waals surface area contributed by atoms with Gasteiger partial charge in [-0.2, -0.15) is 0 Å². The maximum atomic E-state index is 10.2. The van der Waals surface area contributed by atoms with Crippen LogP contribution in [0.15, 0.2) is 0 Å². The minimum atomic E-state index is -0.545. The van der Waals surface area contributed by atoms with E-state index in [1.165, 1.54) is 12.8 Å². The summed E-state index contributed by atoms with van der Waals surface area (Å²) in [5, 5.41) is 10.2. The standard InChI is InChI=1S/C12H22O3/c13-12(7-3-8-14-10-12)6-1-4-11-5-2-9-15-11/h11,13H,1-10H2. The Morgan fingerprint density at radius 2 is 2.20 bits per heavy atom. The van der Waals surface area contributed by atoms with Crippen LogP contribution in [0, 0.1) is 0 Å². The van der Waals surface area contributed by atoms with Crippen LogP contribution in [0.1, 0.15) is 44.9 Å². The number of ether oxygens (including phenoxy) is 2. The summed E-state index contributed by atoms with van der Waals surface area (Å²) in [6, 6.07) is 0. The normalized spacial score (nSPS) is 37.0. The summed E-state index contributed by atoms with van der Waals surface area (Å²) in [5.41, 5.74) is -0.545. The van der Waals surface area contributed by atoms with Gasteiger partial charge in [0.2, 0.25) is 0 Å². The third-order valence-corrected chi connectivity index (χ3v) is 3.49. The predicted octanol–water partition coefficient (Wildman–Crippen LogP) is 1.88. The van der Waals surface area contributed by atoms with Crippen molar-refractivity contribution in [3.8, 4) is 0 Å². The molecule has 0 aromatic heterocycles. The Kier molecular flexibility index (Phi) is 4.00. The fraction of sp³-hybridized carbons (Fsp3) is 1.00. The molecule has 0 bridgehead atoms. The van der Waals surface area contributed by atoms with Gasteiger partial charge in [0.15, 0.2) is 0 Å². The van der Waals surface area contributed by atoms with Gasteiger partial charge in [0, 0.05) is 13.2 Å². The molecular weight excluding hydrogens is 192 g/mol. The van der Waals surface area contributed by atoms with E-state index in [4.69, 9.17) is 9.47 Å². The number of aliphatic hydroxyl groups is 1. The van der Waals surface area contributed by atoms with Crippen molar-refractivity contribution in [2.45, 2.75) is 56.7 Å². The molecule has 2 rings (SSSR count). The lowest BCUT2D eigenvalue weighted by Gasteiger charge is -2.32. The van der Waals surface area contributed by atoms with Gasteiger partial charge in [-0.05, 0) is 44.9 Å². The van der Waals surface area contributed by atoms with E-state index in [0.29, 0.717) is 12.7 Å². The highest BCUT2D eigenvalue weighted by Gasteiger charge is 2.29. The van der Waals surface area contributed by atoms with Crippen LogP contribution in [-0.4, -0.2) is 36.6 Å². The first kappa shape index (κ1) is 11.4. The van der Waals surface area contributed by atoms with Gasteiger partial charge < -0.3 is 14.6 Å². The molecule has 3 heteroatoms. The smallest absolute Gasteiger partial charge is 0.0881 e. The minimum absolute atomic E-state index is 0.457. The Morgan fingerprint density at radius 1 is 1.27 bits per heavy atom. The predicted molar refractivity (Wildman–Crippen MR) is 57.8 cm³/mol. The highest BCUT2D eigenvalue weighted by Crippen LogP contribution is 2.26. The Bertz CT molecular complexity index is 181. The number of rotatable bonds is 4. The molecule has 2 heterocycles. The molecule has 3 nitrogen and oxygen atoms in total.